The van der Waals surface area contributed by atoms with Crippen LogP contribution in [0.15, 0.2) is 10.5 Å². The van der Waals surface area contributed by atoms with E-state index in [1.165, 1.54) is 0 Å². The van der Waals surface area contributed by atoms with E-state index < -0.39 is 17.5 Å². The lowest BCUT2D eigenvalue weighted by molar-refractivity contribution is -0.143. The summed E-state index contributed by atoms with van der Waals surface area (Å²) in [5.74, 6) is 0.524. The first-order valence-corrected chi connectivity index (χ1v) is 8.33. The van der Waals surface area contributed by atoms with Gasteiger partial charge in [0.1, 0.15) is 23.6 Å². The fourth-order valence-corrected chi connectivity index (χ4v) is 3.43. The number of nitrogens with zero attached hydrogens (tertiary/aromatic N) is 2. The number of carbonyl (C=O) groups excluding carboxylic acids is 3. The first kappa shape index (κ1) is 17.5. The number of aryl methyl sites for hydroxylation is 2. The van der Waals surface area contributed by atoms with Gasteiger partial charge in [-0.1, -0.05) is 0 Å². The lowest BCUT2D eigenvalue weighted by Gasteiger charge is -2.32. The summed E-state index contributed by atoms with van der Waals surface area (Å²) in [5.41, 5.74) is -0.615. The van der Waals surface area contributed by atoms with Crippen LogP contribution in [-0.4, -0.2) is 60.0 Å². The fourth-order valence-electron chi connectivity index (χ4n) is 3.43. The Morgan fingerprint density at radius 1 is 1.40 bits per heavy atom. The Morgan fingerprint density at radius 2 is 2.12 bits per heavy atom. The number of hydrogen-bond acceptors (Lipinski definition) is 5. The molecule has 1 aromatic heterocycles. The van der Waals surface area contributed by atoms with Crippen LogP contribution in [0.2, 0.25) is 0 Å². The summed E-state index contributed by atoms with van der Waals surface area (Å²) in [6.45, 7) is 8.14. The summed E-state index contributed by atoms with van der Waals surface area (Å²) < 4.78 is 10.9. The molecule has 2 aliphatic heterocycles. The van der Waals surface area contributed by atoms with Crippen LogP contribution < -0.4 is 5.32 Å². The highest BCUT2D eigenvalue weighted by atomic mass is 16.5. The van der Waals surface area contributed by atoms with Gasteiger partial charge in [0.15, 0.2) is 0 Å². The number of rotatable bonds is 3. The highest BCUT2D eigenvalue weighted by molar-refractivity contribution is 6.09. The Morgan fingerprint density at radius 3 is 2.72 bits per heavy atom. The Hall–Kier alpha value is -2.35. The third kappa shape index (κ3) is 3.02. The summed E-state index contributed by atoms with van der Waals surface area (Å²) >= 11 is 0. The van der Waals surface area contributed by atoms with Crippen molar-refractivity contribution in [3.05, 3.63) is 23.2 Å². The minimum Gasteiger partial charge on any atom is -0.466 e. The normalized spacial score (nSPS) is 27.0. The van der Waals surface area contributed by atoms with E-state index in [1.54, 1.807) is 31.7 Å². The molecular weight excluding hydrogens is 326 g/mol. The molecule has 0 aliphatic carbocycles. The van der Waals surface area contributed by atoms with Crippen LogP contribution in [0.4, 0.5) is 4.79 Å². The summed E-state index contributed by atoms with van der Waals surface area (Å²) in [5, 5.41) is 2.70. The largest absolute Gasteiger partial charge is 0.466 e. The lowest BCUT2D eigenvalue weighted by Crippen LogP contribution is -2.49. The van der Waals surface area contributed by atoms with Crippen molar-refractivity contribution >= 4 is 17.8 Å². The predicted octanol–water partition coefficient (Wildman–Crippen LogP) is 0.911. The van der Waals surface area contributed by atoms with Gasteiger partial charge in [-0.25, -0.2) is 4.79 Å². The molecule has 136 valence electrons. The number of imide groups is 1. The second-order valence-corrected chi connectivity index (χ2v) is 6.79. The van der Waals surface area contributed by atoms with Crippen LogP contribution >= 0.6 is 0 Å². The van der Waals surface area contributed by atoms with Gasteiger partial charge in [-0.15, -0.1) is 0 Å². The van der Waals surface area contributed by atoms with Crippen LogP contribution in [0, 0.1) is 13.8 Å². The van der Waals surface area contributed by atoms with E-state index in [0.29, 0.717) is 36.8 Å². The van der Waals surface area contributed by atoms with Crippen molar-refractivity contribution in [3.63, 3.8) is 0 Å². The molecule has 4 amide bonds. The van der Waals surface area contributed by atoms with Crippen LogP contribution in [0.5, 0.6) is 0 Å². The quantitative estimate of drug-likeness (QED) is 0.819. The average molecular weight is 349 g/mol. The Balaban J connectivity index is 1.77. The van der Waals surface area contributed by atoms with E-state index in [2.05, 4.69) is 5.32 Å². The monoisotopic (exact) mass is 349 g/mol. The Labute approximate surface area is 146 Å². The highest BCUT2D eigenvalue weighted by Crippen LogP contribution is 2.32. The van der Waals surface area contributed by atoms with Crippen molar-refractivity contribution in [3.8, 4) is 0 Å². The molecule has 0 radical (unpaired) electrons. The van der Waals surface area contributed by atoms with Gasteiger partial charge in [0.05, 0.1) is 12.7 Å². The Bertz CT molecular complexity index is 728. The molecule has 3 heterocycles. The van der Waals surface area contributed by atoms with Crippen LogP contribution in [0.1, 0.15) is 30.9 Å². The number of carbonyl (C=O) groups is 3. The third-order valence-corrected chi connectivity index (χ3v) is 4.74. The maximum Gasteiger partial charge on any atom is 0.325 e. The summed E-state index contributed by atoms with van der Waals surface area (Å²) in [6, 6.07) is 1.17. The van der Waals surface area contributed by atoms with Gasteiger partial charge in [-0.05, 0) is 33.8 Å². The van der Waals surface area contributed by atoms with Gasteiger partial charge >= 0.3 is 6.03 Å². The molecule has 1 aromatic rings. The number of nitrogens with one attached hydrogen (secondary N) is 1. The maximum absolute atomic E-state index is 12.9. The minimum atomic E-state index is -1.22. The third-order valence-electron chi connectivity index (χ3n) is 4.74. The smallest absolute Gasteiger partial charge is 0.325 e. The van der Waals surface area contributed by atoms with Crippen LogP contribution in [0.3, 0.4) is 0 Å². The van der Waals surface area contributed by atoms with E-state index in [4.69, 9.17) is 9.15 Å². The molecule has 3 rings (SSSR count). The molecule has 25 heavy (non-hydrogen) atoms. The van der Waals surface area contributed by atoms with Gasteiger partial charge in [0.2, 0.25) is 5.91 Å². The zero-order valence-corrected chi connectivity index (χ0v) is 14.9. The molecule has 2 aliphatic rings. The molecule has 8 nitrogen and oxygen atoms in total. The summed E-state index contributed by atoms with van der Waals surface area (Å²) in [7, 11) is 0. The standard InChI is InChI=1S/C17H23N3O5/c1-10-7-13(12(3)25-10)17(4)15(22)20(16(23)18-17)9-14(21)19-5-6-24-11(2)8-19/h7,11H,5-6,8-9H2,1-4H3,(H,18,23)/t11-,17+/m0/s1. The summed E-state index contributed by atoms with van der Waals surface area (Å²) in [4.78, 5) is 40.3. The van der Waals surface area contributed by atoms with Gasteiger partial charge < -0.3 is 19.4 Å². The van der Waals surface area contributed by atoms with Crippen LogP contribution in [-0.2, 0) is 19.9 Å². The molecular formula is C17H23N3O5. The predicted molar refractivity (Wildman–Crippen MR) is 87.8 cm³/mol. The first-order chi connectivity index (χ1) is 11.7. The van der Waals surface area contributed by atoms with Crippen molar-refractivity contribution in [2.45, 2.75) is 39.3 Å². The number of morpholine rings is 1. The zero-order valence-electron chi connectivity index (χ0n) is 14.9. The fraction of sp³-hybridized carbons (Fsp3) is 0.588. The molecule has 2 atom stereocenters. The van der Waals surface area contributed by atoms with Crippen molar-refractivity contribution in [1.29, 1.82) is 0 Å². The molecule has 8 heteroatoms. The average Bonchev–Trinajstić information content (AvgIpc) is 2.99. The number of furan rings is 1. The first-order valence-electron chi connectivity index (χ1n) is 8.33. The van der Waals surface area contributed by atoms with Gasteiger partial charge in [-0.3, -0.25) is 14.5 Å². The zero-order chi connectivity index (χ0) is 18.4. The molecule has 0 spiro atoms. The number of ether oxygens (including phenoxy) is 1. The van der Waals surface area contributed by atoms with Gasteiger partial charge in [0, 0.05) is 18.7 Å². The van der Waals surface area contributed by atoms with Crippen molar-refractivity contribution in [2.24, 2.45) is 0 Å². The minimum absolute atomic E-state index is 0.0531. The molecule has 1 N–H and O–H groups in total. The van der Waals surface area contributed by atoms with Crippen molar-refractivity contribution in [1.82, 2.24) is 15.1 Å². The maximum atomic E-state index is 12.9. The number of hydrogen-bond donors (Lipinski definition) is 1. The number of urea groups is 1. The lowest BCUT2D eigenvalue weighted by atomic mass is 9.92. The second-order valence-electron chi connectivity index (χ2n) is 6.79. The van der Waals surface area contributed by atoms with Gasteiger partial charge in [0.25, 0.3) is 5.91 Å². The van der Waals surface area contributed by atoms with E-state index in [-0.39, 0.29) is 18.6 Å². The van der Waals surface area contributed by atoms with Crippen molar-refractivity contribution in [2.75, 3.05) is 26.2 Å². The number of amides is 4. The van der Waals surface area contributed by atoms with E-state index in [1.807, 2.05) is 6.92 Å². The van der Waals surface area contributed by atoms with Crippen molar-refractivity contribution < 1.29 is 23.5 Å². The van der Waals surface area contributed by atoms with E-state index in [9.17, 15) is 14.4 Å². The van der Waals surface area contributed by atoms with Crippen LogP contribution in [0.25, 0.3) is 0 Å². The Kier molecular flexibility index (Phi) is 4.32. The molecule has 2 saturated heterocycles. The molecule has 0 unspecified atom stereocenters. The molecule has 0 aromatic carbocycles. The SMILES string of the molecule is Cc1cc([C@@]2(C)NC(=O)N(CC(=O)N3CCO[C@@H](C)C3)C2=O)c(C)o1. The van der Waals surface area contributed by atoms with Gasteiger partial charge in [-0.2, -0.15) is 0 Å². The molecule has 2 fully saturated rings. The molecule has 0 saturated carbocycles. The van der Waals surface area contributed by atoms with E-state index >= 15 is 0 Å². The topological polar surface area (TPSA) is 92.1 Å². The van der Waals surface area contributed by atoms with E-state index in [0.717, 1.165) is 4.90 Å². The molecule has 0 bridgehead atoms. The summed E-state index contributed by atoms with van der Waals surface area (Å²) in [6.07, 6.45) is -0.0531. The second kappa shape index (κ2) is 6.18. The highest BCUT2D eigenvalue weighted by Gasteiger charge is 2.51.